The Balaban J connectivity index is 1.98. The summed E-state index contributed by atoms with van der Waals surface area (Å²) in [4.78, 5) is 27.0. The van der Waals surface area contributed by atoms with E-state index >= 15 is 0 Å². The highest BCUT2D eigenvalue weighted by Gasteiger charge is 2.30. The molecule has 0 radical (unpaired) electrons. The largest absolute Gasteiger partial charge is 0.475 e. The molecule has 0 bridgehead atoms. The average molecular weight is 498 g/mol. The van der Waals surface area contributed by atoms with Gasteiger partial charge in [-0.15, -0.1) is 0 Å². The lowest BCUT2D eigenvalue weighted by Gasteiger charge is -2.23. The molecule has 0 saturated heterocycles. The van der Waals surface area contributed by atoms with Crippen molar-refractivity contribution in [3.8, 4) is 11.4 Å². The molecule has 0 fully saturated rings. The van der Waals surface area contributed by atoms with Crippen molar-refractivity contribution in [3.05, 3.63) is 71.0 Å². The van der Waals surface area contributed by atoms with Gasteiger partial charge in [0.25, 0.3) is 0 Å². The summed E-state index contributed by atoms with van der Waals surface area (Å²) in [5.41, 5.74) is 2.43. The monoisotopic (exact) mass is 497 g/mol. The highest BCUT2D eigenvalue weighted by atomic mass is 19.4. The van der Waals surface area contributed by atoms with E-state index in [0.717, 1.165) is 29.7 Å². The van der Waals surface area contributed by atoms with E-state index in [2.05, 4.69) is 9.97 Å². The summed E-state index contributed by atoms with van der Waals surface area (Å²) in [6.07, 6.45) is -3.62. The van der Waals surface area contributed by atoms with Crippen molar-refractivity contribution in [3.63, 3.8) is 0 Å². The van der Waals surface area contributed by atoms with Crippen molar-refractivity contribution in [2.75, 3.05) is 18.0 Å². The first kappa shape index (κ1) is 25.2. The van der Waals surface area contributed by atoms with E-state index in [1.165, 1.54) is 12.1 Å². The highest BCUT2D eigenvalue weighted by molar-refractivity contribution is 5.92. The van der Waals surface area contributed by atoms with Gasteiger partial charge < -0.3 is 14.6 Å². The number of aromatic nitrogens is 4. The second-order valence-electron chi connectivity index (χ2n) is 8.51. The van der Waals surface area contributed by atoms with Crippen molar-refractivity contribution < 1.29 is 23.1 Å². The fraction of sp³-hybridized carbons (Fsp3) is 0.308. The molecular formula is C26H26F3N5O2. The van der Waals surface area contributed by atoms with Gasteiger partial charge in [0.05, 0.1) is 5.56 Å². The predicted octanol–water partition coefficient (Wildman–Crippen LogP) is 5.80. The van der Waals surface area contributed by atoms with Gasteiger partial charge in [-0.05, 0) is 44.0 Å². The first-order chi connectivity index (χ1) is 17.1. The number of rotatable bonds is 8. The molecule has 0 unspecified atom stereocenters. The first-order valence-corrected chi connectivity index (χ1v) is 11.6. The Morgan fingerprint density at radius 3 is 2.36 bits per heavy atom. The third-order valence-corrected chi connectivity index (χ3v) is 5.85. The van der Waals surface area contributed by atoms with Gasteiger partial charge in [0.2, 0.25) is 5.82 Å². The van der Waals surface area contributed by atoms with Crippen LogP contribution in [0.4, 0.5) is 19.0 Å². The predicted molar refractivity (Wildman–Crippen MR) is 131 cm³/mol. The van der Waals surface area contributed by atoms with E-state index in [9.17, 15) is 23.1 Å². The number of alkyl halides is 3. The Kier molecular flexibility index (Phi) is 6.96. The summed E-state index contributed by atoms with van der Waals surface area (Å²) in [6, 6.07) is 12.6. The summed E-state index contributed by atoms with van der Waals surface area (Å²) in [5, 5.41) is 9.64. The average Bonchev–Trinajstić information content (AvgIpc) is 3.20. The van der Waals surface area contributed by atoms with E-state index in [1.807, 2.05) is 54.5 Å². The molecule has 0 aliphatic heterocycles. The number of carbonyl (C=O) groups is 1. The minimum absolute atomic E-state index is 0.199. The molecule has 10 heteroatoms. The fourth-order valence-corrected chi connectivity index (χ4v) is 4.16. The number of anilines is 1. The number of aromatic carboxylic acids is 1. The Morgan fingerprint density at radius 1 is 1.06 bits per heavy atom. The molecule has 1 N–H and O–H groups in total. The van der Waals surface area contributed by atoms with Crippen LogP contribution < -0.4 is 4.90 Å². The van der Waals surface area contributed by atoms with Gasteiger partial charge >= 0.3 is 12.1 Å². The lowest BCUT2D eigenvalue weighted by molar-refractivity contribution is -0.137. The lowest BCUT2D eigenvalue weighted by atomic mass is 10.1. The summed E-state index contributed by atoms with van der Waals surface area (Å²) < 4.78 is 41.2. The highest BCUT2D eigenvalue weighted by Crippen LogP contribution is 2.33. The number of benzene rings is 2. The number of aryl methyl sites for hydroxylation is 1. The zero-order valence-corrected chi connectivity index (χ0v) is 20.2. The van der Waals surface area contributed by atoms with Crippen molar-refractivity contribution in [1.82, 2.24) is 19.5 Å². The van der Waals surface area contributed by atoms with Gasteiger partial charge in [0, 0.05) is 25.2 Å². The molecule has 36 heavy (non-hydrogen) atoms. The zero-order chi connectivity index (χ0) is 26.0. The first-order valence-electron chi connectivity index (χ1n) is 11.6. The van der Waals surface area contributed by atoms with Gasteiger partial charge in [-0.1, -0.05) is 42.8 Å². The van der Waals surface area contributed by atoms with Gasteiger partial charge in [-0.2, -0.15) is 13.2 Å². The standard InChI is InChI=1S/C26H26F3N5O2/c1-4-13-33(5-2)24-20-21(30-22(32-24)25(35)36)31-23(18-8-6-7-16(3)14-18)34(20)15-17-9-11-19(12-10-17)26(27,28)29/h6-12,14H,4-5,13,15H2,1-3H3,(H,35,36). The molecule has 188 valence electrons. The van der Waals surface area contributed by atoms with Crippen LogP contribution in [0.25, 0.3) is 22.6 Å². The maximum atomic E-state index is 13.1. The zero-order valence-electron chi connectivity index (χ0n) is 20.2. The third-order valence-electron chi connectivity index (χ3n) is 5.85. The second-order valence-corrected chi connectivity index (χ2v) is 8.51. The van der Waals surface area contributed by atoms with E-state index in [1.54, 1.807) is 0 Å². The molecular weight excluding hydrogens is 471 g/mol. The molecule has 2 heterocycles. The minimum Gasteiger partial charge on any atom is -0.475 e. The molecule has 0 spiro atoms. The molecule has 0 amide bonds. The van der Waals surface area contributed by atoms with Gasteiger partial charge in [-0.25, -0.2) is 19.7 Å². The van der Waals surface area contributed by atoms with Crippen LogP contribution in [0.3, 0.4) is 0 Å². The number of halogens is 3. The number of fused-ring (bicyclic) bond motifs is 1. The minimum atomic E-state index is -4.43. The summed E-state index contributed by atoms with van der Waals surface area (Å²) in [6.45, 7) is 7.31. The molecule has 0 atom stereocenters. The molecule has 2 aromatic carbocycles. The summed E-state index contributed by atoms with van der Waals surface area (Å²) in [5.74, 6) is -0.665. The van der Waals surface area contributed by atoms with Crippen molar-refractivity contribution in [1.29, 1.82) is 0 Å². The van der Waals surface area contributed by atoms with E-state index in [-0.39, 0.29) is 18.0 Å². The molecule has 2 aromatic heterocycles. The van der Waals surface area contributed by atoms with E-state index < -0.39 is 17.7 Å². The van der Waals surface area contributed by atoms with Crippen LogP contribution in [0, 0.1) is 6.92 Å². The Labute approximate surface area is 206 Å². The van der Waals surface area contributed by atoms with Crippen molar-refractivity contribution >= 4 is 23.0 Å². The second kappa shape index (κ2) is 9.96. The third kappa shape index (κ3) is 5.02. The molecule has 0 aliphatic rings. The molecule has 4 rings (SSSR count). The number of hydrogen-bond acceptors (Lipinski definition) is 5. The van der Waals surface area contributed by atoms with Crippen LogP contribution >= 0.6 is 0 Å². The quantitative estimate of drug-likeness (QED) is 0.331. The van der Waals surface area contributed by atoms with Crippen LogP contribution in [0.2, 0.25) is 0 Å². The molecule has 0 aliphatic carbocycles. The van der Waals surface area contributed by atoms with E-state index in [0.29, 0.717) is 35.8 Å². The molecule has 7 nitrogen and oxygen atoms in total. The van der Waals surface area contributed by atoms with Gasteiger partial charge in [0.15, 0.2) is 11.5 Å². The number of carboxylic acid groups (broad SMARTS) is 1. The molecule has 4 aromatic rings. The van der Waals surface area contributed by atoms with Crippen molar-refractivity contribution in [2.45, 2.75) is 39.9 Å². The summed E-state index contributed by atoms with van der Waals surface area (Å²) in [7, 11) is 0. The SMILES string of the molecule is CCCN(CC)c1nc(C(=O)O)nc2nc(-c3cccc(C)c3)n(Cc3ccc(C(F)(F)F)cc3)c12. The number of nitrogens with zero attached hydrogens (tertiary/aromatic N) is 5. The van der Waals surface area contributed by atoms with Gasteiger partial charge in [0.1, 0.15) is 11.3 Å². The van der Waals surface area contributed by atoms with Crippen LogP contribution in [0.15, 0.2) is 48.5 Å². The topological polar surface area (TPSA) is 84.1 Å². The van der Waals surface area contributed by atoms with Crippen LogP contribution in [-0.4, -0.2) is 43.7 Å². The Morgan fingerprint density at radius 2 is 1.78 bits per heavy atom. The van der Waals surface area contributed by atoms with Crippen molar-refractivity contribution in [2.24, 2.45) is 0 Å². The Hall–Kier alpha value is -3.95. The summed E-state index contributed by atoms with van der Waals surface area (Å²) >= 11 is 0. The number of carboxylic acids is 1. The maximum Gasteiger partial charge on any atom is 0.416 e. The number of hydrogen-bond donors (Lipinski definition) is 1. The maximum absolute atomic E-state index is 13.1. The lowest BCUT2D eigenvalue weighted by Crippen LogP contribution is -2.26. The Bertz CT molecular complexity index is 1400. The van der Waals surface area contributed by atoms with E-state index in [4.69, 9.17) is 4.98 Å². The number of imidazole rings is 1. The normalized spacial score (nSPS) is 11.7. The van der Waals surface area contributed by atoms with Gasteiger partial charge in [-0.3, -0.25) is 0 Å². The van der Waals surface area contributed by atoms with Crippen LogP contribution in [0.5, 0.6) is 0 Å². The fourth-order valence-electron chi connectivity index (χ4n) is 4.16. The smallest absolute Gasteiger partial charge is 0.416 e. The van der Waals surface area contributed by atoms with Crippen LogP contribution in [-0.2, 0) is 12.7 Å². The van der Waals surface area contributed by atoms with Crippen LogP contribution in [0.1, 0.15) is 47.6 Å². The molecule has 0 saturated carbocycles.